The smallest absolute Gasteiger partial charge is 0.352 e. The molecule has 1 atom stereocenters. The minimum Gasteiger partial charge on any atom is -0.493 e. The van der Waals surface area contributed by atoms with Gasteiger partial charge in [0, 0.05) is 11.5 Å². The van der Waals surface area contributed by atoms with Gasteiger partial charge < -0.3 is 23.4 Å². The van der Waals surface area contributed by atoms with E-state index in [1.54, 1.807) is 25.1 Å². The van der Waals surface area contributed by atoms with E-state index in [4.69, 9.17) is 18.6 Å². The molecule has 1 aromatic heterocycles. The first kappa shape index (κ1) is 27.4. The van der Waals surface area contributed by atoms with E-state index >= 15 is 0 Å². The Kier molecular flexibility index (Phi) is 7.48. The summed E-state index contributed by atoms with van der Waals surface area (Å²) in [6, 6.07) is 9.01. The summed E-state index contributed by atoms with van der Waals surface area (Å²) in [6.07, 6.45) is -1.78. The first-order valence-corrected chi connectivity index (χ1v) is 11.2. The van der Waals surface area contributed by atoms with Gasteiger partial charge in [-0.25, -0.2) is 22.8 Å². The van der Waals surface area contributed by atoms with Crippen LogP contribution in [0.4, 0.5) is 22.0 Å². The topological polar surface area (TPSA) is 84.2 Å². The number of benzene rings is 3. The van der Waals surface area contributed by atoms with E-state index in [1.807, 2.05) is 0 Å². The van der Waals surface area contributed by atoms with Crippen molar-refractivity contribution in [3.63, 3.8) is 0 Å². The van der Waals surface area contributed by atoms with Crippen molar-refractivity contribution >= 4 is 16.9 Å². The van der Waals surface area contributed by atoms with E-state index in [1.165, 1.54) is 32.4 Å². The summed E-state index contributed by atoms with van der Waals surface area (Å²) in [6.45, 7) is 2.68. The van der Waals surface area contributed by atoms with Crippen LogP contribution in [0, 0.1) is 36.0 Å². The molecule has 204 valence electrons. The highest BCUT2D eigenvalue weighted by Gasteiger charge is 2.30. The maximum Gasteiger partial charge on any atom is 0.352 e. The molecule has 0 aliphatic heterocycles. The normalized spacial score (nSPS) is 11.8. The van der Waals surface area contributed by atoms with Crippen molar-refractivity contribution < 1.29 is 50.1 Å². The van der Waals surface area contributed by atoms with Crippen LogP contribution in [0.2, 0.25) is 0 Å². The lowest BCUT2D eigenvalue weighted by atomic mass is 9.99. The zero-order chi connectivity index (χ0) is 28.6. The zero-order valence-corrected chi connectivity index (χ0v) is 20.8. The number of carbonyl (C=O) groups is 1. The van der Waals surface area contributed by atoms with Gasteiger partial charge >= 0.3 is 11.6 Å². The fraction of sp³-hybridized carbons (Fsp3) is 0.185. The highest BCUT2D eigenvalue weighted by molar-refractivity contribution is 5.88. The van der Waals surface area contributed by atoms with Crippen molar-refractivity contribution in [2.75, 3.05) is 14.2 Å². The number of aryl methyl sites for hydroxylation is 1. The molecule has 0 saturated carbocycles. The van der Waals surface area contributed by atoms with Crippen molar-refractivity contribution in [1.82, 2.24) is 0 Å². The van der Waals surface area contributed by atoms with Gasteiger partial charge in [-0.15, -0.1) is 0 Å². The third kappa shape index (κ3) is 4.97. The molecule has 3 aromatic carbocycles. The molecule has 0 amide bonds. The second-order valence-electron chi connectivity index (χ2n) is 8.20. The first-order valence-electron chi connectivity index (χ1n) is 11.2. The summed E-state index contributed by atoms with van der Waals surface area (Å²) in [5.41, 5.74) is 0.682. The molecule has 0 spiro atoms. The Morgan fingerprint density at radius 1 is 0.846 bits per heavy atom. The van der Waals surface area contributed by atoms with E-state index < -0.39 is 52.5 Å². The minimum atomic E-state index is -2.37. The molecule has 1 unspecified atom stereocenters. The number of rotatable bonds is 7. The zero-order valence-electron chi connectivity index (χ0n) is 20.8. The van der Waals surface area contributed by atoms with Crippen LogP contribution in [0.25, 0.3) is 22.1 Å². The molecular formula is C27H19F5O7. The van der Waals surface area contributed by atoms with Gasteiger partial charge in [-0.1, -0.05) is 6.07 Å². The van der Waals surface area contributed by atoms with Crippen LogP contribution in [0.1, 0.15) is 12.5 Å². The number of ether oxygens (including phenoxy) is 4. The molecule has 12 heteroatoms. The summed E-state index contributed by atoms with van der Waals surface area (Å²) in [4.78, 5) is 25.3. The molecule has 0 aliphatic rings. The lowest BCUT2D eigenvalue weighted by Gasteiger charge is -2.16. The number of carbonyl (C=O) groups excluding carboxylic acids is 1. The van der Waals surface area contributed by atoms with Crippen LogP contribution in [0.15, 0.2) is 45.6 Å². The van der Waals surface area contributed by atoms with Crippen molar-refractivity contribution in [3.8, 4) is 34.1 Å². The summed E-state index contributed by atoms with van der Waals surface area (Å²) in [5, 5.41) is 0.505. The van der Waals surface area contributed by atoms with Crippen molar-refractivity contribution in [3.05, 3.63) is 81.5 Å². The monoisotopic (exact) mass is 550 g/mol. The summed E-state index contributed by atoms with van der Waals surface area (Å²) in [7, 11) is 2.93. The number of halogens is 5. The quantitative estimate of drug-likeness (QED) is 0.0713. The predicted molar refractivity (Wildman–Crippen MR) is 128 cm³/mol. The molecule has 0 bridgehead atoms. The molecule has 7 nitrogen and oxygen atoms in total. The van der Waals surface area contributed by atoms with Crippen molar-refractivity contribution in [2.45, 2.75) is 20.0 Å². The lowest BCUT2D eigenvalue weighted by molar-refractivity contribution is -0.141. The minimum absolute atomic E-state index is 0.0559. The fourth-order valence-electron chi connectivity index (χ4n) is 3.84. The van der Waals surface area contributed by atoms with Crippen LogP contribution in [-0.2, 0) is 4.79 Å². The van der Waals surface area contributed by atoms with Crippen LogP contribution >= 0.6 is 0 Å². The molecule has 0 aliphatic carbocycles. The Morgan fingerprint density at radius 2 is 1.46 bits per heavy atom. The molecule has 39 heavy (non-hydrogen) atoms. The van der Waals surface area contributed by atoms with E-state index in [2.05, 4.69) is 4.74 Å². The molecular weight excluding hydrogens is 531 g/mol. The van der Waals surface area contributed by atoms with Crippen LogP contribution in [-0.4, -0.2) is 26.3 Å². The number of methoxy groups -OCH3 is 2. The summed E-state index contributed by atoms with van der Waals surface area (Å²) >= 11 is 0. The van der Waals surface area contributed by atoms with Gasteiger partial charge in [0.25, 0.3) is 0 Å². The number of esters is 1. The van der Waals surface area contributed by atoms with E-state index in [0.717, 1.165) is 6.92 Å². The second kappa shape index (κ2) is 10.6. The summed E-state index contributed by atoms with van der Waals surface area (Å²) in [5.74, 6) is -13.4. The number of fused-ring (bicyclic) bond motifs is 1. The molecule has 0 radical (unpaired) electrons. The number of hydrogen-bond acceptors (Lipinski definition) is 7. The van der Waals surface area contributed by atoms with Crippen LogP contribution < -0.4 is 24.6 Å². The van der Waals surface area contributed by atoms with E-state index in [0.29, 0.717) is 28.0 Å². The third-order valence-corrected chi connectivity index (χ3v) is 5.83. The molecule has 0 fully saturated rings. The van der Waals surface area contributed by atoms with Gasteiger partial charge in [0.15, 0.2) is 23.4 Å². The van der Waals surface area contributed by atoms with Gasteiger partial charge in [-0.2, -0.15) is 8.78 Å². The average Bonchev–Trinajstić information content (AvgIpc) is 2.92. The molecule has 0 saturated heterocycles. The van der Waals surface area contributed by atoms with Gasteiger partial charge in [-0.05, 0) is 49.2 Å². The Hall–Kier alpha value is -4.61. The van der Waals surface area contributed by atoms with Gasteiger partial charge in [-0.3, -0.25) is 0 Å². The lowest BCUT2D eigenvalue weighted by Crippen LogP contribution is -2.29. The predicted octanol–water partition coefficient (Wildman–Crippen LogP) is 5.85. The molecule has 0 N–H and O–H groups in total. The van der Waals surface area contributed by atoms with Gasteiger partial charge in [0.2, 0.25) is 29.1 Å². The molecule has 1 heterocycles. The van der Waals surface area contributed by atoms with Crippen molar-refractivity contribution in [2.24, 2.45) is 0 Å². The van der Waals surface area contributed by atoms with E-state index in [-0.39, 0.29) is 16.9 Å². The van der Waals surface area contributed by atoms with Gasteiger partial charge in [0.05, 0.1) is 19.8 Å². The largest absolute Gasteiger partial charge is 0.493 e. The molecule has 4 aromatic rings. The Labute approximate surface area is 217 Å². The molecule has 4 rings (SSSR count). The maximum atomic E-state index is 13.9. The average molecular weight is 550 g/mol. The second-order valence-corrected chi connectivity index (χ2v) is 8.20. The summed E-state index contributed by atoms with van der Waals surface area (Å²) < 4.78 is 93.6. The highest BCUT2D eigenvalue weighted by Crippen LogP contribution is 2.35. The fourth-order valence-corrected chi connectivity index (χ4v) is 3.84. The Bertz CT molecular complexity index is 1640. The first-order chi connectivity index (χ1) is 18.5. The van der Waals surface area contributed by atoms with E-state index in [9.17, 15) is 31.5 Å². The third-order valence-electron chi connectivity index (χ3n) is 5.83. The van der Waals surface area contributed by atoms with Crippen molar-refractivity contribution in [1.29, 1.82) is 0 Å². The highest BCUT2D eigenvalue weighted by atomic mass is 19.2. The SMILES string of the molecule is COc1ccc(-c2c(C)c3ccc(OC(=O)C(C)Oc4c(F)c(F)c(F)c(F)c4F)cc3oc2=O)cc1OC. The Balaban J connectivity index is 1.61. The van der Waals surface area contributed by atoms with Crippen LogP contribution in [0.5, 0.6) is 23.0 Å². The standard InChI is InChI=1S/C27H19F5O7/c1-11-15-7-6-14(38-26(33)12(2)37-25-23(31)21(29)20(28)22(30)24(25)32)10-17(15)39-27(34)19(11)13-5-8-16(35-3)18(9-13)36-4/h5-10,12H,1-4H3. The number of hydrogen-bond donors (Lipinski definition) is 0. The van der Waals surface area contributed by atoms with Gasteiger partial charge in [0.1, 0.15) is 11.3 Å². The maximum absolute atomic E-state index is 13.9. The van der Waals surface area contributed by atoms with Crippen LogP contribution in [0.3, 0.4) is 0 Å². The Morgan fingerprint density at radius 3 is 2.08 bits per heavy atom.